The summed E-state index contributed by atoms with van der Waals surface area (Å²) < 4.78 is 0. The van der Waals surface area contributed by atoms with Crippen LogP contribution in [0.15, 0.2) is 24.5 Å². The zero-order chi connectivity index (χ0) is 18.5. The molecule has 0 aromatic carbocycles. The molecular formula is C19H26N4O3. The van der Waals surface area contributed by atoms with Gasteiger partial charge in [-0.15, -0.1) is 0 Å². The molecule has 0 radical (unpaired) electrons. The van der Waals surface area contributed by atoms with Crippen molar-refractivity contribution in [1.82, 2.24) is 19.7 Å². The van der Waals surface area contributed by atoms with Crippen LogP contribution in [-0.2, 0) is 4.79 Å². The standard InChI is InChI=1S/C19H26N4O3/c1-13(2)17(25)21-8-15-6-16(24)9-23(15)19(10-21)11-22(12-19)18(26)14-4-3-5-20-7-14/h3-5,7,13,15-16,24H,6,8-12H2,1-2H3/t15-,16+/m0/s1. The van der Waals surface area contributed by atoms with Crippen molar-refractivity contribution < 1.29 is 14.7 Å². The summed E-state index contributed by atoms with van der Waals surface area (Å²) in [5, 5.41) is 10.2. The van der Waals surface area contributed by atoms with E-state index in [9.17, 15) is 14.7 Å². The average Bonchev–Trinajstić information content (AvgIpc) is 2.98. The van der Waals surface area contributed by atoms with E-state index in [-0.39, 0.29) is 35.4 Å². The van der Waals surface area contributed by atoms with Crippen LogP contribution >= 0.6 is 0 Å². The number of fused-ring (bicyclic) bond motifs is 2. The third-order valence-electron chi connectivity index (χ3n) is 5.89. The largest absolute Gasteiger partial charge is 0.392 e. The van der Waals surface area contributed by atoms with E-state index in [4.69, 9.17) is 0 Å². The lowest BCUT2D eigenvalue weighted by Crippen LogP contribution is -2.79. The first-order valence-corrected chi connectivity index (χ1v) is 9.32. The number of likely N-dealkylation sites (tertiary alicyclic amines) is 1. The molecule has 7 heteroatoms. The summed E-state index contributed by atoms with van der Waals surface area (Å²) in [5.41, 5.74) is 0.356. The Morgan fingerprint density at radius 2 is 1.96 bits per heavy atom. The summed E-state index contributed by atoms with van der Waals surface area (Å²) in [6.07, 6.45) is 3.58. The summed E-state index contributed by atoms with van der Waals surface area (Å²) in [4.78, 5) is 35.4. The molecule has 1 spiro atoms. The van der Waals surface area contributed by atoms with Gasteiger partial charge in [0.1, 0.15) is 0 Å². The highest BCUT2D eigenvalue weighted by atomic mass is 16.3. The number of nitrogens with zero attached hydrogens (tertiary/aromatic N) is 4. The van der Waals surface area contributed by atoms with E-state index in [1.807, 2.05) is 23.6 Å². The molecule has 140 valence electrons. The van der Waals surface area contributed by atoms with Crippen LogP contribution in [-0.4, -0.2) is 87.0 Å². The number of hydrogen-bond donors (Lipinski definition) is 1. The van der Waals surface area contributed by atoms with E-state index in [2.05, 4.69) is 9.88 Å². The normalized spacial score (nSPS) is 27.5. The second kappa shape index (κ2) is 6.32. The number of rotatable bonds is 2. The molecule has 4 heterocycles. The molecule has 1 aromatic rings. The lowest BCUT2D eigenvalue weighted by Gasteiger charge is -2.61. The fraction of sp³-hybridized carbons (Fsp3) is 0.632. The molecule has 0 saturated carbocycles. The van der Waals surface area contributed by atoms with Crippen molar-refractivity contribution in [3.05, 3.63) is 30.1 Å². The van der Waals surface area contributed by atoms with Gasteiger partial charge in [0.2, 0.25) is 5.91 Å². The average molecular weight is 358 g/mol. The number of carbonyl (C=O) groups excluding carboxylic acids is 2. The quantitative estimate of drug-likeness (QED) is 0.818. The Balaban J connectivity index is 1.53. The van der Waals surface area contributed by atoms with Crippen LogP contribution in [0.25, 0.3) is 0 Å². The third kappa shape index (κ3) is 2.79. The molecule has 0 unspecified atom stereocenters. The Morgan fingerprint density at radius 3 is 2.62 bits per heavy atom. The SMILES string of the molecule is CC(C)C(=O)N1C[C@@H]2C[C@@H](O)CN2C2(CN(C(=O)c3cccnc3)C2)C1. The van der Waals surface area contributed by atoms with E-state index in [1.54, 1.807) is 24.5 Å². The second-order valence-corrected chi connectivity index (χ2v) is 8.20. The van der Waals surface area contributed by atoms with Crippen LogP contribution < -0.4 is 0 Å². The van der Waals surface area contributed by atoms with Gasteiger partial charge in [-0.25, -0.2) is 0 Å². The highest BCUT2D eigenvalue weighted by Gasteiger charge is 2.57. The van der Waals surface area contributed by atoms with Crippen LogP contribution in [0.5, 0.6) is 0 Å². The van der Waals surface area contributed by atoms with E-state index >= 15 is 0 Å². The van der Waals surface area contributed by atoms with E-state index < -0.39 is 0 Å². The van der Waals surface area contributed by atoms with E-state index in [0.717, 1.165) is 0 Å². The monoisotopic (exact) mass is 358 g/mol. The highest BCUT2D eigenvalue weighted by Crippen LogP contribution is 2.39. The number of aromatic nitrogens is 1. The summed E-state index contributed by atoms with van der Waals surface area (Å²) >= 11 is 0. The first kappa shape index (κ1) is 17.4. The van der Waals surface area contributed by atoms with Gasteiger partial charge in [-0.2, -0.15) is 0 Å². The van der Waals surface area contributed by atoms with Crippen molar-refractivity contribution in [2.75, 3.05) is 32.7 Å². The molecule has 7 nitrogen and oxygen atoms in total. The van der Waals surface area contributed by atoms with E-state index in [0.29, 0.717) is 44.7 Å². The van der Waals surface area contributed by atoms with Crippen molar-refractivity contribution in [3.8, 4) is 0 Å². The molecule has 1 aromatic heterocycles. The minimum absolute atomic E-state index is 0.0210. The molecule has 3 aliphatic heterocycles. The number of carbonyl (C=O) groups is 2. The fourth-order valence-corrected chi connectivity index (χ4v) is 4.71. The zero-order valence-electron chi connectivity index (χ0n) is 15.3. The number of β-amino-alcohol motifs (C(OH)–C–C–N with tert-alkyl or cyclic N) is 1. The van der Waals surface area contributed by atoms with Gasteiger partial charge in [-0.3, -0.25) is 19.5 Å². The summed E-state index contributed by atoms with van der Waals surface area (Å²) in [7, 11) is 0. The lowest BCUT2D eigenvalue weighted by atomic mass is 9.83. The number of aliphatic hydroxyl groups excluding tert-OH is 1. The lowest BCUT2D eigenvalue weighted by molar-refractivity contribution is -0.149. The molecule has 26 heavy (non-hydrogen) atoms. The molecule has 1 N–H and O–H groups in total. The predicted molar refractivity (Wildman–Crippen MR) is 95.4 cm³/mol. The maximum atomic E-state index is 12.7. The smallest absolute Gasteiger partial charge is 0.255 e. The van der Waals surface area contributed by atoms with Crippen molar-refractivity contribution in [3.63, 3.8) is 0 Å². The molecule has 2 atom stereocenters. The molecule has 2 amide bonds. The number of piperazine rings is 1. The Kier molecular flexibility index (Phi) is 4.23. The van der Waals surface area contributed by atoms with Crippen molar-refractivity contribution in [2.24, 2.45) is 5.92 Å². The first-order chi connectivity index (χ1) is 12.4. The van der Waals surface area contributed by atoms with Gasteiger partial charge >= 0.3 is 0 Å². The number of pyridine rings is 1. The molecule has 0 bridgehead atoms. The van der Waals surface area contributed by atoms with Crippen molar-refractivity contribution >= 4 is 11.8 Å². The zero-order valence-corrected chi connectivity index (χ0v) is 15.3. The minimum atomic E-state index is -0.353. The van der Waals surface area contributed by atoms with Gasteiger partial charge in [0.15, 0.2) is 0 Å². The third-order valence-corrected chi connectivity index (χ3v) is 5.89. The Bertz CT molecular complexity index is 702. The van der Waals surface area contributed by atoms with Gasteiger partial charge in [0, 0.05) is 57.1 Å². The summed E-state index contributed by atoms with van der Waals surface area (Å²) in [6.45, 7) is 6.95. The molecule has 3 saturated heterocycles. The summed E-state index contributed by atoms with van der Waals surface area (Å²) in [6, 6.07) is 3.72. The van der Waals surface area contributed by atoms with Crippen LogP contribution in [0, 0.1) is 5.92 Å². The van der Waals surface area contributed by atoms with E-state index in [1.165, 1.54) is 0 Å². The number of hydrogen-bond acceptors (Lipinski definition) is 5. The van der Waals surface area contributed by atoms with Crippen LogP contribution in [0.4, 0.5) is 0 Å². The second-order valence-electron chi connectivity index (χ2n) is 8.20. The Morgan fingerprint density at radius 1 is 1.23 bits per heavy atom. The Labute approximate surface area is 153 Å². The number of amides is 2. The Hall–Kier alpha value is -1.99. The maximum Gasteiger partial charge on any atom is 0.255 e. The van der Waals surface area contributed by atoms with Crippen LogP contribution in [0.3, 0.4) is 0 Å². The van der Waals surface area contributed by atoms with Gasteiger partial charge in [0.25, 0.3) is 5.91 Å². The maximum absolute atomic E-state index is 12.7. The van der Waals surface area contributed by atoms with Crippen LogP contribution in [0.1, 0.15) is 30.6 Å². The van der Waals surface area contributed by atoms with Crippen molar-refractivity contribution in [2.45, 2.75) is 38.0 Å². The molecular weight excluding hydrogens is 332 g/mol. The van der Waals surface area contributed by atoms with Gasteiger partial charge in [-0.1, -0.05) is 13.8 Å². The fourth-order valence-electron chi connectivity index (χ4n) is 4.71. The number of aliphatic hydroxyl groups is 1. The van der Waals surface area contributed by atoms with Gasteiger partial charge in [0.05, 0.1) is 17.2 Å². The van der Waals surface area contributed by atoms with Crippen LogP contribution in [0.2, 0.25) is 0 Å². The first-order valence-electron chi connectivity index (χ1n) is 9.32. The topological polar surface area (TPSA) is 77.0 Å². The predicted octanol–water partition coefficient (Wildman–Crippen LogP) is 0.210. The molecule has 3 aliphatic rings. The molecule has 0 aliphatic carbocycles. The highest BCUT2D eigenvalue weighted by molar-refractivity contribution is 5.94. The summed E-state index contributed by atoms with van der Waals surface area (Å²) in [5.74, 6) is 0.0907. The van der Waals surface area contributed by atoms with Crippen molar-refractivity contribution in [1.29, 1.82) is 0 Å². The van der Waals surface area contributed by atoms with Gasteiger partial charge in [-0.05, 0) is 18.6 Å². The van der Waals surface area contributed by atoms with Gasteiger partial charge < -0.3 is 14.9 Å². The molecule has 3 fully saturated rings. The minimum Gasteiger partial charge on any atom is -0.392 e. The molecule has 4 rings (SSSR count).